The smallest absolute Gasteiger partial charge is 0.343 e. The summed E-state index contributed by atoms with van der Waals surface area (Å²) in [4.78, 5) is 27.0. The van der Waals surface area contributed by atoms with E-state index in [4.69, 9.17) is 9.47 Å². The molecule has 2 aliphatic heterocycles. The SMILES string of the molecule is O=C(OCc1ccccc1)C1=CC[C@@H]2OC[C@@H](c3ccccc3)N2C1=O. The molecule has 5 heteroatoms. The molecule has 5 nitrogen and oxygen atoms in total. The molecular weight excluding hydrogens is 330 g/mol. The second-order valence-corrected chi connectivity index (χ2v) is 6.34. The van der Waals surface area contributed by atoms with Gasteiger partial charge in [0.2, 0.25) is 0 Å². The van der Waals surface area contributed by atoms with Crippen LogP contribution in [0.5, 0.6) is 0 Å². The Kier molecular flexibility index (Phi) is 4.54. The summed E-state index contributed by atoms with van der Waals surface area (Å²) in [6.07, 6.45) is 1.80. The lowest BCUT2D eigenvalue weighted by molar-refractivity contribution is -0.146. The molecule has 0 aromatic heterocycles. The number of hydrogen-bond donors (Lipinski definition) is 0. The molecule has 2 aliphatic rings. The highest BCUT2D eigenvalue weighted by Crippen LogP contribution is 2.36. The number of esters is 1. The summed E-state index contributed by atoms with van der Waals surface area (Å²) in [5.74, 6) is -0.915. The fourth-order valence-corrected chi connectivity index (χ4v) is 3.37. The summed E-state index contributed by atoms with van der Waals surface area (Å²) < 4.78 is 11.1. The van der Waals surface area contributed by atoms with Crippen LogP contribution in [0.2, 0.25) is 0 Å². The number of hydrogen-bond acceptors (Lipinski definition) is 4. The van der Waals surface area contributed by atoms with E-state index in [2.05, 4.69) is 0 Å². The van der Waals surface area contributed by atoms with Crippen molar-refractivity contribution in [1.82, 2.24) is 4.90 Å². The van der Waals surface area contributed by atoms with Gasteiger partial charge in [0.05, 0.1) is 12.6 Å². The molecule has 0 saturated carbocycles. The van der Waals surface area contributed by atoms with Crippen molar-refractivity contribution in [2.45, 2.75) is 25.3 Å². The molecule has 0 spiro atoms. The maximum Gasteiger partial charge on any atom is 0.343 e. The minimum Gasteiger partial charge on any atom is -0.457 e. The first kappa shape index (κ1) is 16.5. The number of rotatable bonds is 4. The Balaban J connectivity index is 1.48. The van der Waals surface area contributed by atoms with Crippen LogP contribution in [0.3, 0.4) is 0 Å². The third kappa shape index (κ3) is 3.13. The monoisotopic (exact) mass is 349 g/mol. The van der Waals surface area contributed by atoms with Gasteiger partial charge in [-0.25, -0.2) is 4.79 Å². The molecule has 1 saturated heterocycles. The molecular formula is C21H19NO4. The number of fused-ring (bicyclic) bond motifs is 1. The molecule has 0 radical (unpaired) electrons. The summed E-state index contributed by atoms with van der Waals surface area (Å²) in [5.41, 5.74) is 1.97. The van der Waals surface area contributed by atoms with Gasteiger partial charge >= 0.3 is 5.97 Å². The van der Waals surface area contributed by atoms with Gasteiger partial charge in [-0.05, 0) is 11.1 Å². The van der Waals surface area contributed by atoms with Crippen molar-refractivity contribution in [2.75, 3.05) is 6.61 Å². The normalized spacial score (nSPS) is 21.9. The zero-order valence-corrected chi connectivity index (χ0v) is 14.2. The first-order chi connectivity index (χ1) is 12.7. The topological polar surface area (TPSA) is 55.8 Å². The lowest BCUT2D eigenvalue weighted by atomic mass is 10.0. The van der Waals surface area contributed by atoms with E-state index < -0.39 is 5.97 Å². The number of carbonyl (C=O) groups excluding carboxylic acids is 2. The van der Waals surface area contributed by atoms with Gasteiger partial charge in [-0.2, -0.15) is 0 Å². The first-order valence-electron chi connectivity index (χ1n) is 8.64. The minimum atomic E-state index is -0.587. The van der Waals surface area contributed by atoms with Gasteiger partial charge in [0.1, 0.15) is 18.4 Å². The average molecular weight is 349 g/mol. The van der Waals surface area contributed by atoms with Crippen molar-refractivity contribution in [1.29, 1.82) is 0 Å². The van der Waals surface area contributed by atoms with Gasteiger partial charge in [-0.3, -0.25) is 4.79 Å². The summed E-state index contributed by atoms with van der Waals surface area (Å²) in [7, 11) is 0. The van der Waals surface area contributed by atoms with Gasteiger partial charge in [-0.1, -0.05) is 66.7 Å². The number of nitrogens with zero attached hydrogens (tertiary/aromatic N) is 1. The second-order valence-electron chi connectivity index (χ2n) is 6.34. The van der Waals surface area contributed by atoms with E-state index in [-0.39, 0.29) is 30.4 Å². The second kappa shape index (κ2) is 7.14. The number of benzene rings is 2. The Hall–Kier alpha value is -2.92. The van der Waals surface area contributed by atoms with E-state index >= 15 is 0 Å². The van der Waals surface area contributed by atoms with Gasteiger partial charge in [-0.15, -0.1) is 0 Å². The van der Waals surface area contributed by atoms with Crippen LogP contribution in [0.4, 0.5) is 0 Å². The van der Waals surface area contributed by atoms with E-state index in [9.17, 15) is 9.59 Å². The molecule has 2 aromatic rings. The maximum absolute atomic E-state index is 12.9. The summed E-state index contributed by atoms with van der Waals surface area (Å²) >= 11 is 0. The molecule has 0 aliphatic carbocycles. The Bertz CT molecular complexity index is 832. The Morgan fingerprint density at radius 2 is 1.77 bits per heavy atom. The van der Waals surface area contributed by atoms with Crippen molar-refractivity contribution in [3.63, 3.8) is 0 Å². The standard InChI is InChI=1S/C21H19NO4/c23-20-17(21(24)26-13-15-7-3-1-4-8-15)11-12-19-22(20)18(14-25-19)16-9-5-2-6-10-16/h1-11,18-19H,12-14H2/t18-,19-/m0/s1. The summed E-state index contributed by atoms with van der Waals surface area (Å²) in [6, 6.07) is 19.0. The van der Waals surface area contributed by atoms with Crippen LogP contribution < -0.4 is 0 Å². The van der Waals surface area contributed by atoms with Crippen LogP contribution in [0.25, 0.3) is 0 Å². The number of ether oxygens (including phenoxy) is 2. The van der Waals surface area contributed by atoms with Crippen molar-refractivity contribution in [3.8, 4) is 0 Å². The van der Waals surface area contributed by atoms with E-state index in [0.29, 0.717) is 13.0 Å². The van der Waals surface area contributed by atoms with E-state index in [1.54, 1.807) is 11.0 Å². The highest BCUT2D eigenvalue weighted by molar-refractivity contribution is 6.17. The number of carbonyl (C=O) groups is 2. The molecule has 0 bridgehead atoms. The van der Waals surface area contributed by atoms with Gasteiger partial charge in [0, 0.05) is 6.42 Å². The summed E-state index contributed by atoms with van der Waals surface area (Å²) in [6.45, 7) is 0.576. The molecule has 1 amide bonds. The molecule has 1 fully saturated rings. The average Bonchev–Trinajstić information content (AvgIpc) is 3.13. The van der Waals surface area contributed by atoms with Crippen LogP contribution in [0, 0.1) is 0 Å². The Labute approximate surface area is 151 Å². The predicted molar refractivity (Wildman–Crippen MR) is 94.7 cm³/mol. The molecule has 2 aromatic carbocycles. The summed E-state index contributed by atoms with van der Waals surface area (Å²) in [5, 5.41) is 0. The Morgan fingerprint density at radius 3 is 2.50 bits per heavy atom. The minimum absolute atomic E-state index is 0.0867. The molecule has 2 atom stereocenters. The van der Waals surface area contributed by atoms with Crippen LogP contribution in [0.15, 0.2) is 72.3 Å². The zero-order valence-electron chi connectivity index (χ0n) is 14.2. The van der Waals surface area contributed by atoms with Gasteiger partial charge < -0.3 is 14.4 Å². The third-order valence-corrected chi connectivity index (χ3v) is 4.70. The zero-order chi connectivity index (χ0) is 17.9. The first-order valence-corrected chi connectivity index (χ1v) is 8.64. The highest BCUT2D eigenvalue weighted by Gasteiger charge is 2.43. The molecule has 132 valence electrons. The lowest BCUT2D eigenvalue weighted by Gasteiger charge is -2.31. The largest absolute Gasteiger partial charge is 0.457 e. The van der Waals surface area contributed by atoms with E-state index in [1.165, 1.54) is 0 Å². The van der Waals surface area contributed by atoms with Gasteiger partial charge in [0.25, 0.3) is 5.91 Å². The highest BCUT2D eigenvalue weighted by atomic mass is 16.5. The maximum atomic E-state index is 12.9. The number of amides is 1. The molecule has 26 heavy (non-hydrogen) atoms. The fourth-order valence-electron chi connectivity index (χ4n) is 3.37. The van der Waals surface area contributed by atoms with Crippen molar-refractivity contribution >= 4 is 11.9 Å². The molecule has 0 N–H and O–H groups in total. The van der Waals surface area contributed by atoms with Crippen LogP contribution >= 0.6 is 0 Å². The van der Waals surface area contributed by atoms with Crippen molar-refractivity contribution < 1.29 is 19.1 Å². The fraction of sp³-hybridized carbons (Fsp3) is 0.238. The lowest BCUT2D eigenvalue weighted by Crippen LogP contribution is -2.43. The molecule has 4 rings (SSSR count). The third-order valence-electron chi connectivity index (χ3n) is 4.70. The Morgan fingerprint density at radius 1 is 1.08 bits per heavy atom. The molecule has 2 heterocycles. The van der Waals surface area contributed by atoms with Crippen molar-refractivity contribution in [2.24, 2.45) is 0 Å². The quantitative estimate of drug-likeness (QED) is 0.629. The predicted octanol–water partition coefficient (Wildman–Crippen LogP) is 2.99. The van der Waals surface area contributed by atoms with Crippen LogP contribution in [0.1, 0.15) is 23.6 Å². The van der Waals surface area contributed by atoms with E-state index in [0.717, 1.165) is 11.1 Å². The van der Waals surface area contributed by atoms with Crippen LogP contribution in [-0.2, 0) is 25.7 Å². The molecule has 0 unspecified atom stereocenters. The van der Waals surface area contributed by atoms with Crippen molar-refractivity contribution in [3.05, 3.63) is 83.4 Å². The van der Waals surface area contributed by atoms with Crippen LogP contribution in [-0.4, -0.2) is 29.6 Å². The van der Waals surface area contributed by atoms with E-state index in [1.807, 2.05) is 60.7 Å². The van der Waals surface area contributed by atoms with Gasteiger partial charge in [0.15, 0.2) is 0 Å².